The summed E-state index contributed by atoms with van der Waals surface area (Å²) in [7, 11) is 1.32. The summed E-state index contributed by atoms with van der Waals surface area (Å²) in [5.41, 5.74) is -0.496. The highest BCUT2D eigenvalue weighted by Crippen LogP contribution is 2.54. The Labute approximate surface area is 220 Å². The molecule has 1 aromatic heterocycles. The van der Waals surface area contributed by atoms with Crippen LogP contribution in [0.1, 0.15) is 48.5 Å². The van der Waals surface area contributed by atoms with Crippen molar-refractivity contribution >= 4 is 22.3 Å². The zero-order valence-electron chi connectivity index (χ0n) is 21.0. The van der Waals surface area contributed by atoms with Gasteiger partial charge in [-0.15, -0.1) is 6.58 Å². The van der Waals surface area contributed by atoms with Gasteiger partial charge >= 0.3 is 0 Å². The summed E-state index contributed by atoms with van der Waals surface area (Å²) < 4.78 is 6.76. The standard InChI is InChI=1S/C29H22N2O8/c1-4-7-31-29(38)18-13(10-30-31)8-12-5-6-14-19(17(12)25(18)35)26(36)21-22(28(14)39-3)27(37)20-15(24(21)34)9-16(32)11(2)23(20)33/h4,8-10,32-33,35-36H,1,5-7H2,2-3H3. The molecule has 1 heterocycles. The smallest absolute Gasteiger partial charge is 0.278 e. The average molecular weight is 527 g/mol. The second kappa shape index (κ2) is 8.19. The Morgan fingerprint density at radius 3 is 2.38 bits per heavy atom. The van der Waals surface area contributed by atoms with E-state index in [-0.39, 0.29) is 68.8 Å². The van der Waals surface area contributed by atoms with Crippen LogP contribution < -0.4 is 10.3 Å². The number of fused-ring (bicyclic) bond motifs is 6. The van der Waals surface area contributed by atoms with Gasteiger partial charge in [0, 0.05) is 33.2 Å². The number of methoxy groups -OCH3 is 1. The number of ketones is 2. The number of aromatic hydroxyl groups is 4. The van der Waals surface area contributed by atoms with Crippen molar-refractivity contribution in [3.63, 3.8) is 0 Å². The zero-order valence-corrected chi connectivity index (χ0v) is 21.0. The van der Waals surface area contributed by atoms with E-state index in [1.165, 1.54) is 26.3 Å². The van der Waals surface area contributed by atoms with E-state index in [0.717, 1.165) is 10.7 Å². The Morgan fingerprint density at radius 2 is 1.69 bits per heavy atom. The van der Waals surface area contributed by atoms with Crippen molar-refractivity contribution in [2.45, 2.75) is 26.3 Å². The van der Waals surface area contributed by atoms with Gasteiger partial charge in [0.05, 0.1) is 41.9 Å². The number of ether oxygens (including phenoxy) is 1. The van der Waals surface area contributed by atoms with E-state index < -0.39 is 34.4 Å². The van der Waals surface area contributed by atoms with Gasteiger partial charge < -0.3 is 25.2 Å². The molecule has 0 radical (unpaired) electrons. The van der Waals surface area contributed by atoms with Crippen LogP contribution in [0, 0.1) is 6.92 Å². The molecule has 0 saturated carbocycles. The van der Waals surface area contributed by atoms with Gasteiger partial charge in [0.2, 0.25) is 5.78 Å². The lowest BCUT2D eigenvalue weighted by molar-refractivity contribution is 0.0971. The van der Waals surface area contributed by atoms with Crippen LogP contribution in [0.5, 0.6) is 28.7 Å². The van der Waals surface area contributed by atoms with Crippen molar-refractivity contribution in [1.29, 1.82) is 0 Å². The fourth-order valence-corrected chi connectivity index (χ4v) is 5.73. The number of aryl methyl sites for hydroxylation is 1. The molecule has 0 aliphatic heterocycles. The fourth-order valence-electron chi connectivity index (χ4n) is 5.73. The summed E-state index contributed by atoms with van der Waals surface area (Å²) in [5.74, 6) is -3.43. The first-order valence-electron chi connectivity index (χ1n) is 12.1. The Morgan fingerprint density at radius 1 is 0.949 bits per heavy atom. The van der Waals surface area contributed by atoms with Gasteiger partial charge in [-0.05, 0) is 37.5 Å². The number of hydrogen-bond acceptors (Lipinski definition) is 9. The SMILES string of the molecule is C=CCn1ncc2cc3c(c(O)c2c1=O)-c1c(O)c2c(c(OC)c1CC3)C(=O)c1c(cc(O)c(C)c1O)C2=O. The van der Waals surface area contributed by atoms with Gasteiger partial charge in [-0.25, -0.2) is 4.68 Å². The van der Waals surface area contributed by atoms with Crippen molar-refractivity contribution < 1.29 is 34.8 Å². The molecule has 2 aliphatic rings. The molecule has 3 aromatic carbocycles. The maximum atomic E-state index is 13.7. The summed E-state index contributed by atoms with van der Waals surface area (Å²) in [6, 6.07) is 2.78. The van der Waals surface area contributed by atoms with Crippen molar-refractivity contribution in [1.82, 2.24) is 9.78 Å². The Bertz CT molecular complexity index is 1900. The molecule has 10 nitrogen and oxygen atoms in total. The molecule has 0 spiro atoms. The normalized spacial score (nSPS) is 13.5. The minimum atomic E-state index is -0.811. The molecule has 4 N–H and O–H groups in total. The van der Waals surface area contributed by atoms with Gasteiger partial charge in [-0.3, -0.25) is 14.4 Å². The van der Waals surface area contributed by atoms with Crippen LogP contribution in [-0.2, 0) is 19.4 Å². The molecule has 6 rings (SSSR count). The molecule has 10 heteroatoms. The highest BCUT2D eigenvalue weighted by molar-refractivity contribution is 6.32. The summed E-state index contributed by atoms with van der Waals surface area (Å²) >= 11 is 0. The number of benzene rings is 3. The van der Waals surface area contributed by atoms with Crippen molar-refractivity contribution in [2.75, 3.05) is 7.11 Å². The number of rotatable bonds is 3. The van der Waals surface area contributed by atoms with Crippen molar-refractivity contribution in [3.05, 3.63) is 80.3 Å². The second-order valence-electron chi connectivity index (χ2n) is 9.58. The first kappa shape index (κ1) is 24.2. The van der Waals surface area contributed by atoms with E-state index in [4.69, 9.17) is 4.74 Å². The number of allylic oxidation sites excluding steroid dienone is 1. The number of nitrogens with zero attached hydrogens (tertiary/aromatic N) is 2. The van der Waals surface area contributed by atoms with Crippen LogP contribution in [0.3, 0.4) is 0 Å². The number of phenolic OH excluding ortho intramolecular Hbond substituents is 4. The van der Waals surface area contributed by atoms with E-state index >= 15 is 0 Å². The molecule has 4 aromatic rings. The van der Waals surface area contributed by atoms with E-state index in [9.17, 15) is 34.8 Å². The molecule has 0 amide bonds. The van der Waals surface area contributed by atoms with Crippen LogP contribution in [-0.4, -0.2) is 48.9 Å². The quantitative estimate of drug-likeness (QED) is 0.259. The Balaban J connectivity index is 1.72. The summed E-state index contributed by atoms with van der Waals surface area (Å²) in [5, 5.41) is 48.4. The van der Waals surface area contributed by atoms with Gasteiger partial charge in [0.1, 0.15) is 28.7 Å². The van der Waals surface area contributed by atoms with Gasteiger partial charge in [0.15, 0.2) is 5.78 Å². The minimum Gasteiger partial charge on any atom is -0.508 e. The lowest BCUT2D eigenvalue weighted by atomic mass is 9.75. The molecule has 0 fully saturated rings. The molecule has 196 valence electrons. The first-order chi connectivity index (χ1) is 18.6. The van der Waals surface area contributed by atoms with E-state index in [2.05, 4.69) is 11.7 Å². The lowest BCUT2D eigenvalue weighted by Crippen LogP contribution is -2.25. The number of aromatic nitrogens is 2. The first-order valence-corrected chi connectivity index (χ1v) is 12.1. The lowest BCUT2D eigenvalue weighted by Gasteiger charge is -2.29. The van der Waals surface area contributed by atoms with Crippen LogP contribution in [0.4, 0.5) is 0 Å². The molecule has 0 saturated heterocycles. The third kappa shape index (κ3) is 3.02. The molecule has 0 atom stereocenters. The molecule has 39 heavy (non-hydrogen) atoms. The topological polar surface area (TPSA) is 159 Å². The van der Waals surface area contributed by atoms with Gasteiger partial charge in [-0.1, -0.05) is 6.08 Å². The summed E-state index contributed by atoms with van der Waals surface area (Å²) in [4.78, 5) is 40.6. The van der Waals surface area contributed by atoms with E-state index in [0.29, 0.717) is 22.9 Å². The van der Waals surface area contributed by atoms with Crippen LogP contribution >= 0.6 is 0 Å². The van der Waals surface area contributed by atoms with Gasteiger partial charge in [-0.2, -0.15) is 5.10 Å². The fraction of sp³-hybridized carbons (Fsp3) is 0.172. The van der Waals surface area contributed by atoms with E-state index in [1.54, 1.807) is 6.07 Å². The van der Waals surface area contributed by atoms with E-state index in [1.807, 2.05) is 0 Å². The maximum absolute atomic E-state index is 13.7. The number of hydrogen-bond donors (Lipinski definition) is 4. The predicted molar refractivity (Wildman–Crippen MR) is 140 cm³/mol. The third-order valence-corrected chi connectivity index (χ3v) is 7.58. The zero-order chi connectivity index (χ0) is 27.9. The largest absolute Gasteiger partial charge is 0.508 e. The van der Waals surface area contributed by atoms with Crippen LogP contribution in [0.25, 0.3) is 21.9 Å². The van der Waals surface area contributed by atoms with Crippen LogP contribution in [0.2, 0.25) is 0 Å². The highest BCUT2D eigenvalue weighted by Gasteiger charge is 2.42. The Hall–Kier alpha value is -5.12. The Kier molecular flexibility index (Phi) is 5.09. The minimum absolute atomic E-state index is 0.0207. The molecule has 0 unspecified atom stereocenters. The third-order valence-electron chi connectivity index (χ3n) is 7.58. The molecular weight excluding hydrogens is 504 g/mol. The van der Waals surface area contributed by atoms with Crippen LogP contribution in [0.15, 0.2) is 35.8 Å². The van der Waals surface area contributed by atoms with Crippen molar-refractivity contribution in [2.24, 2.45) is 0 Å². The number of carbonyl (C=O) groups excluding carboxylic acids is 2. The molecule has 0 bridgehead atoms. The van der Waals surface area contributed by atoms with Gasteiger partial charge in [0.25, 0.3) is 5.56 Å². The summed E-state index contributed by atoms with van der Waals surface area (Å²) in [6.07, 6.45) is 3.61. The average Bonchev–Trinajstić information content (AvgIpc) is 2.91. The predicted octanol–water partition coefficient (Wildman–Crippen LogP) is 3.26. The summed E-state index contributed by atoms with van der Waals surface area (Å²) in [6.45, 7) is 5.14. The second-order valence-corrected chi connectivity index (χ2v) is 9.58. The highest BCUT2D eigenvalue weighted by atomic mass is 16.5. The number of phenols is 4. The monoisotopic (exact) mass is 526 g/mol. The molecule has 2 aliphatic carbocycles. The maximum Gasteiger partial charge on any atom is 0.278 e. The molecular formula is C29H22N2O8. The number of carbonyl (C=O) groups is 2. The van der Waals surface area contributed by atoms with Crippen molar-refractivity contribution in [3.8, 4) is 39.9 Å².